The van der Waals surface area contributed by atoms with Gasteiger partial charge in [0.25, 0.3) is 0 Å². The standard InChI is InChI=1S/C17H19N7O2/c18-14-4-3-12(10-15(14)19)16-21-22-17(26-16)24(13-2-1-5-20-11-13)23-6-8-25-9-7-23/h1-5,10-11H,6-9,18-19H2. The minimum atomic E-state index is 0.352. The van der Waals surface area contributed by atoms with Gasteiger partial charge in [-0.25, -0.2) is 10.0 Å². The Morgan fingerprint density at radius 3 is 2.62 bits per heavy atom. The number of nitrogens with two attached hydrogens (primary N) is 2. The Kier molecular flexibility index (Phi) is 4.38. The number of ether oxygens (including phenoxy) is 1. The number of hydrogen-bond donors (Lipinski definition) is 2. The van der Waals surface area contributed by atoms with Crippen LogP contribution < -0.4 is 16.5 Å². The fourth-order valence-corrected chi connectivity index (χ4v) is 2.75. The van der Waals surface area contributed by atoms with Crippen LogP contribution in [-0.4, -0.2) is 46.5 Å². The Balaban J connectivity index is 1.70. The molecule has 1 saturated heterocycles. The lowest BCUT2D eigenvalue weighted by molar-refractivity contribution is 0.0357. The molecule has 0 spiro atoms. The average molecular weight is 353 g/mol. The Labute approximate surface area is 150 Å². The topological polar surface area (TPSA) is 120 Å². The van der Waals surface area contributed by atoms with Crippen LogP contribution in [0.3, 0.4) is 0 Å². The zero-order chi connectivity index (χ0) is 17.9. The van der Waals surface area contributed by atoms with E-state index < -0.39 is 0 Å². The monoisotopic (exact) mass is 353 g/mol. The summed E-state index contributed by atoms with van der Waals surface area (Å²) in [6.07, 6.45) is 3.47. The third-order valence-corrected chi connectivity index (χ3v) is 4.09. The molecule has 0 amide bonds. The van der Waals surface area contributed by atoms with Gasteiger partial charge in [-0.1, -0.05) is 5.10 Å². The van der Waals surface area contributed by atoms with Gasteiger partial charge in [-0.05, 0) is 30.3 Å². The van der Waals surface area contributed by atoms with Crippen LogP contribution in [0.2, 0.25) is 0 Å². The van der Waals surface area contributed by atoms with Crippen molar-refractivity contribution in [3.05, 3.63) is 42.7 Å². The number of nitrogens with zero attached hydrogens (tertiary/aromatic N) is 5. The van der Waals surface area contributed by atoms with Crippen LogP contribution in [0.5, 0.6) is 0 Å². The molecule has 1 aliphatic rings. The number of hydrogen-bond acceptors (Lipinski definition) is 9. The summed E-state index contributed by atoms with van der Waals surface area (Å²) >= 11 is 0. The molecule has 2 aromatic heterocycles. The second kappa shape index (κ2) is 6.98. The predicted molar refractivity (Wildman–Crippen MR) is 97.3 cm³/mol. The van der Waals surface area contributed by atoms with E-state index in [-0.39, 0.29) is 0 Å². The van der Waals surface area contributed by atoms with Gasteiger partial charge in [0.05, 0.1) is 36.5 Å². The number of rotatable bonds is 4. The van der Waals surface area contributed by atoms with Gasteiger partial charge >= 0.3 is 6.01 Å². The largest absolute Gasteiger partial charge is 0.402 e. The van der Waals surface area contributed by atoms with Crippen molar-refractivity contribution in [3.8, 4) is 11.5 Å². The number of benzene rings is 1. The van der Waals surface area contributed by atoms with Crippen LogP contribution >= 0.6 is 0 Å². The molecule has 4 N–H and O–H groups in total. The van der Waals surface area contributed by atoms with Gasteiger partial charge in [0, 0.05) is 24.8 Å². The quantitative estimate of drug-likeness (QED) is 0.675. The van der Waals surface area contributed by atoms with Gasteiger partial charge in [0.15, 0.2) is 0 Å². The number of nitrogen functional groups attached to an aromatic ring is 2. The normalized spacial score (nSPS) is 15.1. The molecule has 0 aliphatic carbocycles. The highest BCUT2D eigenvalue weighted by molar-refractivity contribution is 5.71. The number of hydrazine groups is 1. The van der Waals surface area contributed by atoms with Crippen molar-refractivity contribution in [1.82, 2.24) is 20.2 Å². The summed E-state index contributed by atoms with van der Waals surface area (Å²) in [7, 11) is 0. The van der Waals surface area contributed by atoms with E-state index in [1.165, 1.54) is 0 Å². The van der Waals surface area contributed by atoms with Crippen molar-refractivity contribution in [3.63, 3.8) is 0 Å². The first-order chi connectivity index (χ1) is 12.7. The Hall–Kier alpha value is -3.17. The number of anilines is 4. The molecule has 26 heavy (non-hydrogen) atoms. The van der Waals surface area contributed by atoms with Gasteiger partial charge in [-0.3, -0.25) is 4.98 Å². The first-order valence-electron chi connectivity index (χ1n) is 8.24. The van der Waals surface area contributed by atoms with E-state index in [0.29, 0.717) is 55.1 Å². The van der Waals surface area contributed by atoms with E-state index in [0.717, 1.165) is 5.69 Å². The second-order valence-electron chi connectivity index (χ2n) is 5.82. The van der Waals surface area contributed by atoms with Crippen LogP contribution in [0.15, 0.2) is 47.1 Å². The van der Waals surface area contributed by atoms with Crippen LogP contribution in [0.4, 0.5) is 23.1 Å². The Bertz CT molecular complexity index is 878. The Morgan fingerprint density at radius 1 is 1.04 bits per heavy atom. The maximum atomic E-state index is 5.93. The third-order valence-electron chi connectivity index (χ3n) is 4.09. The minimum Gasteiger partial charge on any atom is -0.402 e. The van der Waals surface area contributed by atoms with Gasteiger partial charge in [0.1, 0.15) is 0 Å². The lowest BCUT2D eigenvalue weighted by Crippen LogP contribution is -2.46. The molecule has 3 aromatic rings. The molecule has 134 valence electrons. The Morgan fingerprint density at radius 2 is 1.88 bits per heavy atom. The fourth-order valence-electron chi connectivity index (χ4n) is 2.75. The van der Waals surface area contributed by atoms with Crippen molar-refractivity contribution < 1.29 is 9.15 Å². The smallest absolute Gasteiger partial charge is 0.338 e. The van der Waals surface area contributed by atoms with Crippen molar-refractivity contribution >= 4 is 23.1 Å². The van der Waals surface area contributed by atoms with Crippen LogP contribution in [0.25, 0.3) is 11.5 Å². The molecule has 0 saturated carbocycles. The average Bonchev–Trinajstić information content (AvgIpc) is 3.16. The lowest BCUT2D eigenvalue weighted by atomic mass is 10.2. The summed E-state index contributed by atoms with van der Waals surface area (Å²) in [4.78, 5) is 4.19. The summed E-state index contributed by atoms with van der Waals surface area (Å²) in [5.41, 5.74) is 14.2. The molecule has 0 unspecified atom stereocenters. The fraction of sp³-hybridized carbons (Fsp3) is 0.235. The predicted octanol–water partition coefficient (Wildman–Crippen LogP) is 1.68. The zero-order valence-electron chi connectivity index (χ0n) is 14.1. The van der Waals surface area contributed by atoms with Crippen molar-refractivity contribution in [2.45, 2.75) is 0 Å². The summed E-state index contributed by atoms with van der Waals surface area (Å²) < 4.78 is 11.4. The number of aromatic nitrogens is 3. The van der Waals surface area contributed by atoms with Crippen molar-refractivity contribution in [2.24, 2.45) is 0 Å². The van der Waals surface area contributed by atoms with Gasteiger partial charge in [-0.15, -0.1) is 5.10 Å². The maximum absolute atomic E-state index is 5.93. The number of pyridine rings is 1. The molecule has 9 nitrogen and oxygen atoms in total. The van der Waals surface area contributed by atoms with E-state index >= 15 is 0 Å². The highest BCUT2D eigenvalue weighted by Gasteiger charge is 2.26. The second-order valence-corrected chi connectivity index (χ2v) is 5.82. The number of morpholine rings is 1. The maximum Gasteiger partial charge on any atom is 0.338 e. The first-order valence-corrected chi connectivity index (χ1v) is 8.24. The summed E-state index contributed by atoms with van der Waals surface area (Å²) in [6, 6.07) is 9.39. The molecular formula is C17H19N7O2. The van der Waals surface area contributed by atoms with Crippen LogP contribution in [0.1, 0.15) is 0 Å². The molecule has 0 radical (unpaired) electrons. The van der Waals surface area contributed by atoms with E-state index in [2.05, 4.69) is 20.2 Å². The molecule has 1 fully saturated rings. The van der Waals surface area contributed by atoms with E-state index in [1.807, 2.05) is 17.1 Å². The van der Waals surface area contributed by atoms with E-state index in [9.17, 15) is 0 Å². The highest BCUT2D eigenvalue weighted by atomic mass is 16.5. The third kappa shape index (κ3) is 3.17. The molecule has 1 aliphatic heterocycles. The summed E-state index contributed by atoms with van der Waals surface area (Å²) in [5, 5.41) is 12.3. The van der Waals surface area contributed by atoms with Gasteiger partial charge in [-0.2, -0.15) is 0 Å². The SMILES string of the molecule is Nc1ccc(-c2nnc(N(c3cccnc3)N3CCOCC3)o2)cc1N. The van der Waals surface area contributed by atoms with E-state index in [4.69, 9.17) is 20.6 Å². The minimum absolute atomic E-state index is 0.352. The molecule has 3 heterocycles. The van der Waals surface area contributed by atoms with Crippen LogP contribution in [-0.2, 0) is 4.74 Å². The molecule has 1 aromatic carbocycles. The van der Waals surface area contributed by atoms with Crippen molar-refractivity contribution in [2.75, 3.05) is 42.8 Å². The van der Waals surface area contributed by atoms with Crippen molar-refractivity contribution in [1.29, 1.82) is 0 Å². The molecule has 0 atom stereocenters. The molecule has 0 bridgehead atoms. The molecule has 9 heteroatoms. The summed E-state index contributed by atoms with van der Waals surface area (Å²) in [6.45, 7) is 2.68. The highest BCUT2D eigenvalue weighted by Crippen LogP contribution is 2.30. The zero-order valence-corrected chi connectivity index (χ0v) is 14.1. The van der Waals surface area contributed by atoms with Gasteiger partial charge < -0.3 is 20.6 Å². The van der Waals surface area contributed by atoms with Gasteiger partial charge in [0.2, 0.25) is 5.89 Å². The first kappa shape index (κ1) is 16.3. The molecular weight excluding hydrogens is 334 g/mol. The summed E-state index contributed by atoms with van der Waals surface area (Å²) in [5.74, 6) is 0.369. The van der Waals surface area contributed by atoms with Crippen LogP contribution in [0, 0.1) is 0 Å². The molecule has 4 rings (SSSR count). The lowest BCUT2D eigenvalue weighted by Gasteiger charge is -2.35. The van der Waals surface area contributed by atoms with E-state index in [1.54, 1.807) is 30.6 Å².